The van der Waals surface area contributed by atoms with E-state index >= 15 is 0 Å². The average Bonchev–Trinajstić information content (AvgIpc) is 3.28. The second-order valence-electron chi connectivity index (χ2n) is 13.7. The lowest BCUT2D eigenvalue weighted by atomic mass is 10.0. The Labute approximate surface area is 371 Å². The fourth-order valence-corrected chi connectivity index (χ4v) is 11.1. The van der Waals surface area contributed by atoms with E-state index in [0.29, 0.717) is 0 Å². The third-order valence-corrected chi connectivity index (χ3v) is 14.7. The fourth-order valence-electron chi connectivity index (χ4n) is 6.55. The molecule has 0 amide bonds. The van der Waals surface area contributed by atoms with Crippen LogP contribution >= 0.6 is 66.5 Å². The number of thiol groups is 2. The Hall–Kier alpha value is -4.14. The third-order valence-electron chi connectivity index (χ3n) is 9.58. The normalized spacial score (nSPS) is 10.5. The van der Waals surface area contributed by atoms with Gasteiger partial charge in [-0.1, -0.05) is 201 Å². The first-order valence-corrected chi connectivity index (χ1v) is 24.8. The van der Waals surface area contributed by atoms with Crippen LogP contribution in [0.5, 0.6) is 0 Å². The zero-order valence-corrected chi connectivity index (χ0v) is 38.1. The first-order valence-electron chi connectivity index (χ1n) is 18.9. The summed E-state index contributed by atoms with van der Waals surface area (Å²) in [7, 11) is 7.31. The van der Waals surface area contributed by atoms with E-state index in [9.17, 15) is 0 Å². The van der Waals surface area contributed by atoms with Crippen molar-refractivity contribution in [2.45, 2.75) is 47.3 Å². The first-order chi connectivity index (χ1) is 28.4. The lowest BCUT2D eigenvalue weighted by Gasteiger charge is -2.10. The van der Waals surface area contributed by atoms with Gasteiger partial charge in [0.25, 0.3) is 0 Å². The van der Waals surface area contributed by atoms with Crippen LogP contribution in [0.3, 0.4) is 0 Å². The average molecular weight is 863 g/mol. The quantitative estimate of drug-likeness (QED) is 0.104. The van der Waals surface area contributed by atoms with Crippen LogP contribution in [-0.2, 0) is 0 Å². The van der Waals surface area contributed by atoms with Gasteiger partial charge in [0.05, 0.1) is 0 Å². The van der Waals surface area contributed by atoms with Gasteiger partial charge in [-0.2, -0.15) is 0 Å². The van der Waals surface area contributed by atoms with Crippen molar-refractivity contribution in [2.75, 3.05) is 0 Å². The third kappa shape index (κ3) is 12.0. The highest BCUT2D eigenvalue weighted by Gasteiger charge is 2.09. The minimum absolute atomic E-state index is 1.27. The molecule has 8 rings (SSSR count). The van der Waals surface area contributed by atoms with E-state index in [1.807, 2.05) is 43.2 Å². The van der Waals surface area contributed by atoms with Gasteiger partial charge in [0.2, 0.25) is 0 Å². The number of rotatable bonds is 10. The van der Waals surface area contributed by atoms with Crippen molar-refractivity contribution in [2.24, 2.45) is 0 Å². The van der Waals surface area contributed by atoms with E-state index in [2.05, 4.69) is 245 Å². The summed E-state index contributed by atoms with van der Waals surface area (Å²) in [5.41, 5.74) is 15.5. The molecule has 0 aliphatic carbocycles. The molecule has 8 aromatic rings. The molecule has 0 spiro atoms. The Morgan fingerprint density at radius 1 is 0.276 bits per heavy atom. The van der Waals surface area contributed by atoms with Crippen LogP contribution in [0, 0.1) is 27.7 Å². The van der Waals surface area contributed by atoms with Crippen LogP contribution in [0.15, 0.2) is 214 Å². The molecule has 0 aromatic heterocycles. The number of benzene rings is 8. The molecule has 0 aliphatic rings. The van der Waals surface area contributed by atoms with Crippen LogP contribution in [0.4, 0.5) is 0 Å². The second kappa shape index (κ2) is 22.3. The number of aryl methyl sites for hydroxylation is 4. The summed E-state index contributed by atoms with van der Waals surface area (Å²) in [4.78, 5) is 5.20. The predicted octanol–water partition coefficient (Wildman–Crippen LogP) is 17.6. The van der Waals surface area contributed by atoms with E-state index in [-0.39, 0.29) is 0 Å². The molecular weight excluding hydrogens is 817 g/mol. The van der Waals surface area contributed by atoms with Crippen LogP contribution in [0.1, 0.15) is 22.3 Å². The van der Waals surface area contributed by atoms with Crippen molar-refractivity contribution < 1.29 is 0 Å². The summed E-state index contributed by atoms with van der Waals surface area (Å²) in [6.07, 6.45) is 0. The van der Waals surface area contributed by atoms with Crippen LogP contribution in [-0.4, -0.2) is 0 Å². The fraction of sp³-hybridized carbons (Fsp3) is 0.0769. The highest BCUT2D eigenvalue weighted by atomic mass is 33.1. The Morgan fingerprint density at radius 3 is 0.914 bits per heavy atom. The molecule has 0 saturated heterocycles. The van der Waals surface area contributed by atoms with Crippen LogP contribution < -0.4 is 0 Å². The van der Waals surface area contributed by atoms with Crippen LogP contribution in [0.2, 0.25) is 0 Å². The molecule has 58 heavy (non-hydrogen) atoms. The van der Waals surface area contributed by atoms with Crippen molar-refractivity contribution >= 4 is 66.5 Å². The summed E-state index contributed by atoms with van der Waals surface area (Å²) in [6, 6.07) is 69.2. The Morgan fingerprint density at radius 2 is 0.603 bits per heavy atom. The molecular formula is C52H46S6. The Balaban J connectivity index is 0.000000188. The molecule has 0 unspecified atom stereocenters. The minimum Gasteiger partial charge on any atom is -0.115 e. The highest BCUT2D eigenvalue weighted by molar-refractivity contribution is 8.77. The van der Waals surface area contributed by atoms with Gasteiger partial charge in [-0.15, -0.1) is 23.3 Å². The summed E-state index contributed by atoms with van der Waals surface area (Å²) < 4.78 is 0. The lowest BCUT2D eigenvalue weighted by molar-refractivity contribution is 1.31. The summed E-state index contributed by atoms with van der Waals surface area (Å²) in [6.45, 7) is 8.77. The van der Waals surface area contributed by atoms with Gasteiger partial charge in [0.1, 0.15) is 0 Å². The molecule has 0 atom stereocenters. The first kappa shape index (κ1) is 43.4. The SMILES string of the molecule is Cc1cc(-c2ccccc2)ccc1SSc1ccc(-c2ccccc2)c(C)c1.Cc1cc(-c2ccccc2)ccc1SSc1ccc(-c2ccccc2)c(C)c1.SS. The molecule has 6 heteroatoms. The molecule has 0 aliphatic heterocycles. The van der Waals surface area contributed by atoms with Gasteiger partial charge >= 0.3 is 0 Å². The molecule has 0 radical (unpaired) electrons. The van der Waals surface area contributed by atoms with Gasteiger partial charge < -0.3 is 0 Å². The standard InChI is InChI=1S/2C26H22S2.H2S2/c2*1-19-18-24(14-15-25(19)22-11-7-4-8-12-22)27-28-26-16-13-23(17-20(26)2)21-9-5-3-6-10-21;1-2/h2*3-18H,1-2H3;1-2H. The highest BCUT2D eigenvalue weighted by Crippen LogP contribution is 2.42. The zero-order chi connectivity index (χ0) is 40.7. The monoisotopic (exact) mass is 862 g/mol. The Bertz CT molecular complexity index is 2330. The molecule has 290 valence electrons. The zero-order valence-electron chi connectivity index (χ0n) is 33.0. The van der Waals surface area contributed by atoms with Crippen molar-refractivity contribution in [3.63, 3.8) is 0 Å². The molecule has 0 heterocycles. The maximum absolute atomic E-state index is 3.22. The maximum Gasteiger partial charge on any atom is 0.0215 e. The van der Waals surface area contributed by atoms with Gasteiger partial charge in [-0.05, 0) is 131 Å². The molecule has 0 nitrogen and oxygen atoms in total. The van der Waals surface area contributed by atoms with Gasteiger partial charge in [0, 0.05) is 19.6 Å². The summed E-state index contributed by atoms with van der Waals surface area (Å²) in [5.74, 6) is 0. The number of hydrogen-bond acceptors (Lipinski definition) is 6. The Kier molecular flexibility index (Phi) is 16.7. The van der Waals surface area contributed by atoms with E-state index in [1.165, 1.54) is 86.3 Å². The summed E-state index contributed by atoms with van der Waals surface area (Å²) >= 11 is 6.44. The second-order valence-corrected chi connectivity index (χ2v) is 18.2. The summed E-state index contributed by atoms with van der Waals surface area (Å²) in [5, 5.41) is 0. The van der Waals surface area contributed by atoms with Crippen molar-refractivity contribution in [3.05, 3.63) is 216 Å². The van der Waals surface area contributed by atoms with Gasteiger partial charge in [-0.25, -0.2) is 0 Å². The smallest absolute Gasteiger partial charge is 0.0215 e. The van der Waals surface area contributed by atoms with E-state index in [0.717, 1.165) is 0 Å². The van der Waals surface area contributed by atoms with Gasteiger partial charge in [-0.3, -0.25) is 0 Å². The molecule has 0 bridgehead atoms. The topological polar surface area (TPSA) is 0 Å². The van der Waals surface area contributed by atoms with Crippen LogP contribution in [0.25, 0.3) is 44.5 Å². The predicted molar refractivity (Wildman–Crippen MR) is 268 cm³/mol. The molecule has 0 fully saturated rings. The minimum atomic E-state index is 1.27. The van der Waals surface area contributed by atoms with Crippen molar-refractivity contribution in [1.82, 2.24) is 0 Å². The van der Waals surface area contributed by atoms with E-state index in [4.69, 9.17) is 0 Å². The lowest BCUT2D eigenvalue weighted by Crippen LogP contribution is -1.84. The molecule has 0 N–H and O–H groups in total. The number of hydrogen-bond donors (Lipinski definition) is 2. The van der Waals surface area contributed by atoms with Crippen molar-refractivity contribution in [1.29, 1.82) is 0 Å². The van der Waals surface area contributed by atoms with Gasteiger partial charge in [0.15, 0.2) is 0 Å². The maximum atomic E-state index is 3.22. The molecule has 8 aromatic carbocycles. The van der Waals surface area contributed by atoms with Crippen molar-refractivity contribution in [3.8, 4) is 44.5 Å². The molecule has 0 saturated carbocycles. The van der Waals surface area contributed by atoms with E-state index < -0.39 is 0 Å². The largest absolute Gasteiger partial charge is 0.115 e. The van der Waals surface area contributed by atoms with E-state index in [1.54, 1.807) is 0 Å².